The molecule has 2 aromatic carbocycles. The Kier molecular flexibility index (Phi) is 5.56. The molecule has 1 aliphatic rings. The summed E-state index contributed by atoms with van der Waals surface area (Å²) in [6.07, 6.45) is 1.47. The largest absolute Gasteiger partial charge is 0.455 e. The summed E-state index contributed by atoms with van der Waals surface area (Å²) in [6.45, 7) is 3.98. The zero-order valence-corrected chi connectivity index (χ0v) is 15.1. The predicted octanol–water partition coefficient (Wildman–Crippen LogP) is 3.97. The Bertz CT molecular complexity index is 776. The molecule has 3 atom stereocenters. The lowest BCUT2D eigenvalue weighted by molar-refractivity contribution is -0.125. The summed E-state index contributed by atoms with van der Waals surface area (Å²) in [5, 5.41) is 5.84. The van der Waals surface area contributed by atoms with E-state index in [1.54, 1.807) is 6.07 Å². The number of carbonyl (C=O) groups excluding carboxylic acids is 2. The molecule has 3 unspecified atom stereocenters. The first-order valence-corrected chi connectivity index (χ1v) is 9.01. The first-order chi connectivity index (χ1) is 12.6. The first kappa shape index (κ1) is 18.0. The summed E-state index contributed by atoms with van der Waals surface area (Å²) in [6, 6.07) is 16.8. The van der Waals surface area contributed by atoms with Gasteiger partial charge in [-0.05, 0) is 44.0 Å². The van der Waals surface area contributed by atoms with Gasteiger partial charge in [0, 0.05) is 6.04 Å². The van der Waals surface area contributed by atoms with E-state index in [0.29, 0.717) is 23.6 Å². The minimum atomic E-state index is -0.274. The van der Waals surface area contributed by atoms with Crippen molar-refractivity contribution in [2.75, 3.05) is 5.32 Å². The molecule has 0 bridgehead atoms. The first-order valence-electron chi connectivity index (χ1n) is 9.01. The molecule has 0 aromatic heterocycles. The van der Waals surface area contributed by atoms with Gasteiger partial charge in [0.05, 0.1) is 17.5 Å². The van der Waals surface area contributed by atoms with E-state index in [1.165, 1.54) is 0 Å². The molecule has 3 rings (SSSR count). The molecule has 26 heavy (non-hydrogen) atoms. The average Bonchev–Trinajstić information content (AvgIpc) is 3.45. The third-order valence-corrected chi connectivity index (χ3v) is 4.58. The molecular weight excluding hydrogens is 328 g/mol. The molecule has 5 heteroatoms. The summed E-state index contributed by atoms with van der Waals surface area (Å²) < 4.78 is 5.86. The van der Waals surface area contributed by atoms with Gasteiger partial charge in [-0.15, -0.1) is 0 Å². The minimum absolute atomic E-state index is 0.0340. The second kappa shape index (κ2) is 8.04. The molecular formula is C21H24N2O3. The SMILES string of the molecule is CCC(C)NC(=O)C1CC1C(=O)Nc1ccccc1Oc1ccccc1. The lowest BCUT2D eigenvalue weighted by Gasteiger charge is -2.13. The number of nitrogens with one attached hydrogen (secondary N) is 2. The van der Waals surface area contributed by atoms with E-state index >= 15 is 0 Å². The van der Waals surface area contributed by atoms with Crippen molar-refractivity contribution in [1.29, 1.82) is 0 Å². The van der Waals surface area contributed by atoms with Crippen molar-refractivity contribution in [1.82, 2.24) is 5.32 Å². The smallest absolute Gasteiger partial charge is 0.228 e. The fourth-order valence-corrected chi connectivity index (χ4v) is 2.73. The van der Waals surface area contributed by atoms with Gasteiger partial charge in [0.2, 0.25) is 11.8 Å². The van der Waals surface area contributed by atoms with Crippen LogP contribution in [0, 0.1) is 11.8 Å². The van der Waals surface area contributed by atoms with Crippen LogP contribution in [0.5, 0.6) is 11.5 Å². The number of para-hydroxylation sites is 3. The summed E-state index contributed by atoms with van der Waals surface area (Å²) >= 11 is 0. The van der Waals surface area contributed by atoms with Crippen LogP contribution in [-0.2, 0) is 9.59 Å². The topological polar surface area (TPSA) is 67.4 Å². The third kappa shape index (κ3) is 4.42. The van der Waals surface area contributed by atoms with Gasteiger partial charge in [-0.2, -0.15) is 0 Å². The van der Waals surface area contributed by atoms with Gasteiger partial charge >= 0.3 is 0 Å². The van der Waals surface area contributed by atoms with Gasteiger partial charge in [0.1, 0.15) is 5.75 Å². The highest BCUT2D eigenvalue weighted by molar-refractivity contribution is 6.00. The second-order valence-electron chi connectivity index (χ2n) is 6.67. The Morgan fingerprint density at radius 2 is 1.69 bits per heavy atom. The Labute approximate surface area is 153 Å². The van der Waals surface area contributed by atoms with Crippen LogP contribution in [0.25, 0.3) is 0 Å². The molecule has 5 nitrogen and oxygen atoms in total. The molecule has 0 spiro atoms. The number of rotatable bonds is 7. The number of benzene rings is 2. The van der Waals surface area contributed by atoms with E-state index in [2.05, 4.69) is 10.6 Å². The number of ether oxygens (including phenoxy) is 1. The Balaban J connectivity index is 1.61. The van der Waals surface area contributed by atoms with Gasteiger partial charge in [-0.1, -0.05) is 37.3 Å². The standard InChI is InChI=1S/C21H24N2O3/c1-3-14(2)22-20(24)16-13-17(16)21(25)23-18-11-7-8-12-19(18)26-15-9-5-4-6-10-15/h4-12,14,16-17H,3,13H2,1-2H3,(H,22,24)(H,23,25). The normalized spacial score (nSPS) is 19.3. The van der Waals surface area contributed by atoms with Crippen LogP contribution in [0.3, 0.4) is 0 Å². The van der Waals surface area contributed by atoms with Crippen molar-refractivity contribution in [2.24, 2.45) is 11.8 Å². The number of anilines is 1. The van der Waals surface area contributed by atoms with E-state index in [9.17, 15) is 9.59 Å². The molecule has 136 valence electrons. The predicted molar refractivity (Wildman–Crippen MR) is 101 cm³/mol. The van der Waals surface area contributed by atoms with Crippen LogP contribution < -0.4 is 15.4 Å². The van der Waals surface area contributed by atoms with Crippen LogP contribution in [0.1, 0.15) is 26.7 Å². The Morgan fingerprint density at radius 1 is 1.04 bits per heavy atom. The molecule has 1 fully saturated rings. The summed E-state index contributed by atoms with van der Waals surface area (Å²) in [4.78, 5) is 24.6. The van der Waals surface area contributed by atoms with Gasteiger partial charge in [-0.25, -0.2) is 0 Å². The quantitative estimate of drug-likeness (QED) is 0.792. The van der Waals surface area contributed by atoms with Crippen LogP contribution in [0.4, 0.5) is 5.69 Å². The number of amides is 2. The zero-order chi connectivity index (χ0) is 18.5. The molecule has 2 aromatic rings. The average molecular weight is 352 g/mol. The maximum atomic E-state index is 12.5. The van der Waals surface area contributed by atoms with E-state index < -0.39 is 0 Å². The van der Waals surface area contributed by atoms with E-state index in [-0.39, 0.29) is 29.7 Å². The fraction of sp³-hybridized carbons (Fsp3) is 0.333. The van der Waals surface area contributed by atoms with Gasteiger partial charge in [0.25, 0.3) is 0 Å². The second-order valence-corrected chi connectivity index (χ2v) is 6.67. The molecule has 1 saturated carbocycles. The minimum Gasteiger partial charge on any atom is -0.455 e. The van der Waals surface area contributed by atoms with Crippen LogP contribution in [0.15, 0.2) is 54.6 Å². The highest BCUT2D eigenvalue weighted by atomic mass is 16.5. The molecule has 0 radical (unpaired) electrons. The van der Waals surface area contributed by atoms with Gasteiger partial charge in [0.15, 0.2) is 5.75 Å². The van der Waals surface area contributed by atoms with Crippen molar-refractivity contribution in [2.45, 2.75) is 32.7 Å². The van der Waals surface area contributed by atoms with Crippen molar-refractivity contribution in [3.8, 4) is 11.5 Å². The van der Waals surface area contributed by atoms with Crippen LogP contribution >= 0.6 is 0 Å². The molecule has 2 N–H and O–H groups in total. The zero-order valence-electron chi connectivity index (χ0n) is 15.1. The fourth-order valence-electron chi connectivity index (χ4n) is 2.73. The number of hydrogen-bond acceptors (Lipinski definition) is 3. The molecule has 2 amide bonds. The Hall–Kier alpha value is -2.82. The molecule has 0 heterocycles. The summed E-state index contributed by atoms with van der Waals surface area (Å²) in [5.41, 5.74) is 0.606. The summed E-state index contributed by atoms with van der Waals surface area (Å²) in [5.74, 6) is 0.599. The van der Waals surface area contributed by atoms with E-state index in [1.807, 2.05) is 62.4 Å². The van der Waals surface area contributed by atoms with Crippen LogP contribution in [0.2, 0.25) is 0 Å². The maximum Gasteiger partial charge on any atom is 0.228 e. The molecule has 0 aliphatic heterocycles. The number of carbonyl (C=O) groups is 2. The van der Waals surface area contributed by atoms with Crippen molar-refractivity contribution in [3.63, 3.8) is 0 Å². The third-order valence-electron chi connectivity index (χ3n) is 4.58. The molecule has 0 saturated heterocycles. The highest BCUT2D eigenvalue weighted by Crippen LogP contribution is 2.40. The lowest BCUT2D eigenvalue weighted by atomic mass is 10.2. The number of hydrogen-bond donors (Lipinski definition) is 2. The van der Waals surface area contributed by atoms with E-state index in [4.69, 9.17) is 4.74 Å². The van der Waals surface area contributed by atoms with Gasteiger partial charge in [-0.3, -0.25) is 9.59 Å². The van der Waals surface area contributed by atoms with Crippen molar-refractivity contribution < 1.29 is 14.3 Å². The van der Waals surface area contributed by atoms with Crippen LogP contribution in [-0.4, -0.2) is 17.9 Å². The monoisotopic (exact) mass is 352 g/mol. The summed E-state index contributed by atoms with van der Waals surface area (Å²) in [7, 11) is 0. The lowest BCUT2D eigenvalue weighted by Crippen LogP contribution is -2.34. The van der Waals surface area contributed by atoms with E-state index in [0.717, 1.165) is 6.42 Å². The van der Waals surface area contributed by atoms with Crippen molar-refractivity contribution >= 4 is 17.5 Å². The van der Waals surface area contributed by atoms with Gasteiger partial charge < -0.3 is 15.4 Å². The Morgan fingerprint density at radius 3 is 2.42 bits per heavy atom. The van der Waals surface area contributed by atoms with Crippen molar-refractivity contribution in [3.05, 3.63) is 54.6 Å². The maximum absolute atomic E-state index is 12.5. The highest BCUT2D eigenvalue weighted by Gasteiger charge is 2.48. The molecule has 1 aliphatic carbocycles.